The zero-order chi connectivity index (χ0) is 44.5. The van der Waals surface area contributed by atoms with Crippen molar-refractivity contribution < 1.29 is 0 Å². The second kappa shape index (κ2) is 15.7. The Hall–Kier alpha value is -7.36. The molecule has 0 radical (unpaired) electrons. The average Bonchev–Trinajstić information content (AvgIpc) is 3.34. The fourth-order valence-electron chi connectivity index (χ4n) is 10.3. The van der Waals surface area contributed by atoms with E-state index < -0.39 is 0 Å². The van der Waals surface area contributed by atoms with Gasteiger partial charge in [0.05, 0.1) is 11.4 Å². The van der Waals surface area contributed by atoms with Gasteiger partial charge in [-0.3, -0.25) is 0 Å². The van der Waals surface area contributed by atoms with Gasteiger partial charge in [0, 0.05) is 45.0 Å². The normalized spacial score (nSPS) is 13.0. The van der Waals surface area contributed by atoms with E-state index in [9.17, 15) is 0 Å². The molecule has 2 heterocycles. The number of hydrogen-bond acceptors (Lipinski definition) is 2. The lowest BCUT2D eigenvalue weighted by molar-refractivity contribution is 0.590. The van der Waals surface area contributed by atoms with Crippen molar-refractivity contribution in [3.8, 4) is 44.5 Å². The van der Waals surface area contributed by atoms with E-state index >= 15 is 0 Å². The number of rotatable bonds is 6. The topological polar surface area (TPSA) is 6.48 Å². The summed E-state index contributed by atoms with van der Waals surface area (Å²) in [5.41, 5.74) is 23.2. The highest BCUT2D eigenvalue weighted by Gasteiger charge is 2.45. The van der Waals surface area contributed by atoms with Gasteiger partial charge < -0.3 is 9.80 Å². The summed E-state index contributed by atoms with van der Waals surface area (Å²) in [5.74, 6) is 0. The van der Waals surface area contributed by atoms with Crippen molar-refractivity contribution in [1.82, 2.24) is 0 Å². The van der Waals surface area contributed by atoms with Crippen molar-refractivity contribution in [3.05, 3.63) is 223 Å². The maximum Gasteiger partial charge on any atom is 0.252 e. The van der Waals surface area contributed by atoms with Gasteiger partial charge in [0.15, 0.2) is 0 Å². The van der Waals surface area contributed by atoms with Crippen LogP contribution in [0.4, 0.5) is 34.1 Å². The average molecular weight is 837 g/mol. The summed E-state index contributed by atoms with van der Waals surface area (Å²) in [6.45, 7) is 14.0. The van der Waals surface area contributed by atoms with Crippen LogP contribution in [0.25, 0.3) is 44.5 Å². The predicted molar refractivity (Wildman–Crippen MR) is 280 cm³/mol. The van der Waals surface area contributed by atoms with Gasteiger partial charge in [0.1, 0.15) is 0 Å². The number of nitrogens with zero attached hydrogens (tertiary/aromatic N) is 2. The first-order valence-corrected chi connectivity index (χ1v) is 23.1. The molecule has 11 rings (SSSR count). The van der Waals surface area contributed by atoms with Gasteiger partial charge in [-0.1, -0.05) is 230 Å². The molecule has 0 spiro atoms. The van der Waals surface area contributed by atoms with E-state index in [1.165, 1.54) is 106 Å². The lowest BCUT2D eigenvalue weighted by Gasteiger charge is -2.46. The van der Waals surface area contributed by atoms with Crippen LogP contribution in [0.5, 0.6) is 0 Å². The van der Waals surface area contributed by atoms with E-state index in [2.05, 4.69) is 264 Å². The van der Waals surface area contributed by atoms with E-state index in [0.717, 1.165) is 0 Å². The molecule has 3 heteroatoms. The smallest absolute Gasteiger partial charge is 0.252 e. The number of para-hydroxylation sites is 2. The molecule has 0 bridgehead atoms. The first-order chi connectivity index (χ1) is 31.6. The molecule has 314 valence electrons. The summed E-state index contributed by atoms with van der Waals surface area (Å²) >= 11 is 0. The highest BCUT2D eigenvalue weighted by Crippen LogP contribution is 2.52. The van der Waals surface area contributed by atoms with Crippen molar-refractivity contribution in [1.29, 1.82) is 0 Å². The van der Waals surface area contributed by atoms with Crippen molar-refractivity contribution in [3.63, 3.8) is 0 Å². The summed E-state index contributed by atoms with van der Waals surface area (Å²) in [4.78, 5) is 5.22. The van der Waals surface area contributed by atoms with Crippen LogP contribution in [0.15, 0.2) is 212 Å². The lowest BCUT2D eigenvalue weighted by Crippen LogP contribution is -2.61. The maximum absolute atomic E-state index is 2.61. The van der Waals surface area contributed by atoms with Gasteiger partial charge >= 0.3 is 0 Å². The van der Waals surface area contributed by atoms with Crippen molar-refractivity contribution in [2.45, 2.75) is 52.4 Å². The third-order valence-corrected chi connectivity index (χ3v) is 13.6. The van der Waals surface area contributed by atoms with Crippen LogP contribution in [0, 0.1) is 0 Å². The fraction of sp³-hybridized carbons (Fsp3) is 0.129. The van der Waals surface area contributed by atoms with E-state index in [4.69, 9.17) is 0 Å². The van der Waals surface area contributed by atoms with Crippen LogP contribution in [0.1, 0.15) is 52.7 Å². The van der Waals surface area contributed by atoms with Crippen LogP contribution >= 0.6 is 0 Å². The number of benzene rings is 9. The molecule has 0 saturated carbocycles. The summed E-state index contributed by atoms with van der Waals surface area (Å²) in [6.07, 6.45) is 0. The van der Waals surface area contributed by atoms with Gasteiger partial charge in [-0.25, -0.2) is 0 Å². The Balaban J connectivity index is 1.30. The first-order valence-electron chi connectivity index (χ1n) is 23.1. The Bertz CT molecular complexity index is 2890. The molecule has 0 saturated heterocycles. The second-order valence-electron chi connectivity index (χ2n) is 19.7. The largest absolute Gasteiger partial charge is 0.310 e. The standard InChI is InChI=1S/C62H53BN2/c1-61(2,3)46-36-38-54-52(40-46)63-53-41-47(62(4,5)6)37-39-55(53)65(60-50(44-26-15-9-16-27-44)32-20-33-51(60)45-28-17-10-18-29-45)57-35-21-34-56(58(57)63)64(54)59-48(42-22-11-7-12-23-42)30-19-31-49(59)43-24-13-8-14-25-43/h7-41H,1-6H3. The van der Waals surface area contributed by atoms with Gasteiger partial charge in [0.25, 0.3) is 6.71 Å². The summed E-state index contributed by atoms with van der Waals surface area (Å²) in [5, 5.41) is 0. The minimum absolute atomic E-state index is 0.0311. The van der Waals surface area contributed by atoms with Gasteiger partial charge in [-0.05, 0) is 84.9 Å². The van der Waals surface area contributed by atoms with Crippen LogP contribution in [-0.4, -0.2) is 6.71 Å². The second-order valence-corrected chi connectivity index (χ2v) is 19.7. The zero-order valence-corrected chi connectivity index (χ0v) is 38.2. The molecular formula is C62H53BN2. The Labute approximate surface area is 385 Å². The first kappa shape index (κ1) is 40.4. The molecule has 0 aliphatic carbocycles. The molecule has 0 amide bonds. The van der Waals surface area contributed by atoms with Crippen molar-refractivity contribution >= 4 is 57.2 Å². The highest BCUT2D eigenvalue weighted by atomic mass is 15.2. The van der Waals surface area contributed by atoms with Crippen LogP contribution in [0.3, 0.4) is 0 Å². The molecular weight excluding hydrogens is 784 g/mol. The predicted octanol–water partition coefficient (Wildman–Crippen LogP) is 15.0. The molecule has 2 aliphatic heterocycles. The highest BCUT2D eigenvalue weighted by molar-refractivity contribution is 7.00. The minimum atomic E-state index is -0.0627. The lowest BCUT2D eigenvalue weighted by atomic mass is 9.33. The summed E-state index contributed by atoms with van der Waals surface area (Å²) in [6, 6.07) is 79.1. The quantitative estimate of drug-likeness (QED) is 0.154. The molecule has 0 aromatic heterocycles. The summed E-state index contributed by atoms with van der Waals surface area (Å²) < 4.78 is 0. The fourth-order valence-corrected chi connectivity index (χ4v) is 10.3. The van der Waals surface area contributed by atoms with E-state index in [1.807, 2.05) is 0 Å². The van der Waals surface area contributed by atoms with Crippen LogP contribution in [0.2, 0.25) is 0 Å². The molecule has 0 atom stereocenters. The maximum atomic E-state index is 2.61. The zero-order valence-electron chi connectivity index (χ0n) is 38.2. The Kier molecular flexibility index (Phi) is 9.77. The van der Waals surface area contributed by atoms with E-state index in [-0.39, 0.29) is 17.5 Å². The molecule has 2 aliphatic rings. The van der Waals surface area contributed by atoms with Gasteiger partial charge in [-0.15, -0.1) is 0 Å². The number of hydrogen-bond donors (Lipinski definition) is 0. The molecule has 9 aromatic rings. The summed E-state index contributed by atoms with van der Waals surface area (Å²) in [7, 11) is 0. The van der Waals surface area contributed by atoms with Crippen LogP contribution in [-0.2, 0) is 10.8 Å². The molecule has 0 N–H and O–H groups in total. The Morgan fingerprint density at radius 2 is 0.615 bits per heavy atom. The molecule has 65 heavy (non-hydrogen) atoms. The van der Waals surface area contributed by atoms with Crippen molar-refractivity contribution in [2.75, 3.05) is 9.80 Å². The van der Waals surface area contributed by atoms with E-state index in [0.29, 0.717) is 0 Å². The third-order valence-electron chi connectivity index (χ3n) is 13.6. The monoisotopic (exact) mass is 836 g/mol. The third kappa shape index (κ3) is 6.89. The molecule has 0 fully saturated rings. The number of anilines is 6. The van der Waals surface area contributed by atoms with Gasteiger partial charge in [-0.2, -0.15) is 0 Å². The van der Waals surface area contributed by atoms with Crippen LogP contribution < -0.4 is 26.2 Å². The SMILES string of the molecule is CC(C)(C)c1ccc2c(c1)B1c3cc(C(C)(C)C)ccc3N(c3c(-c4ccccc4)cccc3-c3ccccc3)c3cccc(c31)N2c1c(-c2ccccc2)cccc1-c1ccccc1. The molecule has 0 unspecified atom stereocenters. The van der Waals surface area contributed by atoms with Crippen molar-refractivity contribution in [2.24, 2.45) is 0 Å². The van der Waals surface area contributed by atoms with E-state index in [1.54, 1.807) is 0 Å². The molecule has 9 aromatic carbocycles. The minimum Gasteiger partial charge on any atom is -0.310 e. The number of fused-ring (bicyclic) bond motifs is 4. The van der Waals surface area contributed by atoms with Gasteiger partial charge in [0.2, 0.25) is 0 Å². The Morgan fingerprint density at radius 3 is 0.923 bits per heavy atom. The Morgan fingerprint density at radius 1 is 0.308 bits per heavy atom. The molecule has 2 nitrogen and oxygen atoms in total.